The summed E-state index contributed by atoms with van der Waals surface area (Å²) in [4.78, 5) is 4.24. The summed E-state index contributed by atoms with van der Waals surface area (Å²) < 4.78 is 0. The third kappa shape index (κ3) is 6.60. The van der Waals surface area contributed by atoms with E-state index in [4.69, 9.17) is 0 Å². The summed E-state index contributed by atoms with van der Waals surface area (Å²) in [6.07, 6.45) is 19.4. The van der Waals surface area contributed by atoms with Gasteiger partial charge in [0, 0.05) is 24.5 Å². The fourth-order valence-electron chi connectivity index (χ4n) is 3.41. The van der Waals surface area contributed by atoms with Gasteiger partial charge in [-0.25, -0.2) is 0 Å². The van der Waals surface area contributed by atoms with Gasteiger partial charge in [0.1, 0.15) is 0 Å². The van der Waals surface area contributed by atoms with E-state index in [0.29, 0.717) is 12.1 Å². The second-order valence-corrected chi connectivity index (χ2v) is 6.63. The lowest BCUT2D eigenvalue weighted by Gasteiger charge is -2.24. The monoisotopic (exact) mass is 288 g/mol. The summed E-state index contributed by atoms with van der Waals surface area (Å²) in [6, 6.07) is 5.31. The molecule has 0 amide bonds. The second kappa shape index (κ2) is 9.94. The largest absolute Gasteiger partial charge is 0.307 e. The highest BCUT2D eigenvalue weighted by atomic mass is 14.9. The molecule has 1 N–H and O–H groups in total. The van der Waals surface area contributed by atoms with Crippen molar-refractivity contribution < 1.29 is 0 Å². The molecule has 2 heteroatoms. The molecule has 1 fully saturated rings. The van der Waals surface area contributed by atoms with E-state index in [1.54, 1.807) is 0 Å². The molecular weight excluding hydrogens is 256 g/mol. The minimum absolute atomic E-state index is 0.414. The lowest BCUT2D eigenvalue weighted by atomic mass is 9.97. The molecule has 0 bridgehead atoms. The number of hydrogen-bond acceptors (Lipinski definition) is 2. The fraction of sp³-hybridized carbons (Fsp3) is 0.737. The molecule has 1 aliphatic carbocycles. The van der Waals surface area contributed by atoms with E-state index in [0.717, 1.165) is 0 Å². The van der Waals surface area contributed by atoms with Crippen LogP contribution in [0.3, 0.4) is 0 Å². The van der Waals surface area contributed by atoms with E-state index >= 15 is 0 Å². The molecule has 0 unspecified atom stereocenters. The summed E-state index contributed by atoms with van der Waals surface area (Å²) in [5.74, 6) is 0. The molecule has 2 rings (SSSR count). The zero-order chi connectivity index (χ0) is 14.8. The van der Waals surface area contributed by atoms with E-state index in [1.807, 2.05) is 18.5 Å². The molecule has 0 radical (unpaired) electrons. The zero-order valence-corrected chi connectivity index (χ0v) is 13.7. The van der Waals surface area contributed by atoms with E-state index < -0.39 is 0 Å². The van der Waals surface area contributed by atoms with Crippen LogP contribution in [0.4, 0.5) is 0 Å². The smallest absolute Gasteiger partial charge is 0.0315 e. The summed E-state index contributed by atoms with van der Waals surface area (Å²) in [5, 5.41) is 3.85. The van der Waals surface area contributed by atoms with Crippen molar-refractivity contribution in [2.75, 3.05) is 0 Å². The molecule has 118 valence electrons. The predicted octanol–water partition coefficient (Wildman–Crippen LogP) is 5.41. The first-order valence-corrected chi connectivity index (χ1v) is 9.02. The molecule has 1 saturated carbocycles. The zero-order valence-electron chi connectivity index (χ0n) is 13.7. The van der Waals surface area contributed by atoms with E-state index in [-0.39, 0.29) is 0 Å². The average Bonchev–Trinajstić information content (AvgIpc) is 2.51. The van der Waals surface area contributed by atoms with Gasteiger partial charge in [0.05, 0.1) is 0 Å². The molecule has 0 aliphatic heterocycles. The highest BCUT2D eigenvalue weighted by molar-refractivity contribution is 5.12. The first kappa shape index (κ1) is 16.5. The molecule has 1 aliphatic rings. The molecule has 1 atom stereocenters. The fourth-order valence-corrected chi connectivity index (χ4v) is 3.41. The van der Waals surface area contributed by atoms with Gasteiger partial charge >= 0.3 is 0 Å². The predicted molar refractivity (Wildman–Crippen MR) is 90.4 cm³/mol. The van der Waals surface area contributed by atoms with Crippen molar-refractivity contribution in [2.24, 2.45) is 0 Å². The highest BCUT2D eigenvalue weighted by Gasteiger charge is 2.13. The van der Waals surface area contributed by atoms with Crippen molar-refractivity contribution in [2.45, 2.75) is 89.6 Å². The lowest BCUT2D eigenvalue weighted by Crippen LogP contribution is -2.31. The van der Waals surface area contributed by atoms with Gasteiger partial charge in [0.2, 0.25) is 0 Å². The Hall–Kier alpha value is -0.890. The van der Waals surface area contributed by atoms with Crippen LogP contribution < -0.4 is 5.32 Å². The van der Waals surface area contributed by atoms with Crippen molar-refractivity contribution in [1.82, 2.24) is 10.3 Å². The van der Waals surface area contributed by atoms with Crippen LogP contribution in [0.2, 0.25) is 0 Å². The van der Waals surface area contributed by atoms with Crippen LogP contribution in [-0.4, -0.2) is 11.0 Å². The van der Waals surface area contributed by atoms with Gasteiger partial charge in [-0.1, -0.05) is 63.9 Å². The SMILES string of the molecule is C[C@@H](NC1CCCCCCCCCCC1)c1cccnc1. The van der Waals surface area contributed by atoms with Gasteiger partial charge in [-0.15, -0.1) is 0 Å². The number of aromatic nitrogens is 1. The Kier molecular flexibility index (Phi) is 7.80. The Bertz CT molecular complexity index is 351. The lowest BCUT2D eigenvalue weighted by molar-refractivity contribution is 0.374. The molecule has 1 aromatic rings. The maximum Gasteiger partial charge on any atom is 0.0315 e. The highest BCUT2D eigenvalue weighted by Crippen LogP contribution is 2.19. The van der Waals surface area contributed by atoms with Crippen molar-refractivity contribution in [3.8, 4) is 0 Å². The molecular formula is C19H32N2. The maximum atomic E-state index is 4.24. The van der Waals surface area contributed by atoms with Gasteiger partial charge in [-0.05, 0) is 31.4 Å². The van der Waals surface area contributed by atoms with Crippen LogP contribution in [0.5, 0.6) is 0 Å². The minimum atomic E-state index is 0.414. The van der Waals surface area contributed by atoms with Crippen molar-refractivity contribution in [3.63, 3.8) is 0 Å². The van der Waals surface area contributed by atoms with Crippen molar-refractivity contribution >= 4 is 0 Å². The van der Waals surface area contributed by atoms with Gasteiger partial charge in [-0.2, -0.15) is 0 Å². The van der Waals surface area contributed by atoms with Crippen LogP contribution in [0.1, 0.15) is 89.2 Å². The molecule has 1 heterocycles. The number of hydrogen-bond donors (Lipinski definition) is 1. The number of nitrogens with zero attached hydrogens (tertiary/aromatic N) is 1. The van der Waals surface area contributed by atoms with Crippen molar-refractivity contribution in [1.29, 1.82) is 0 Å². The Morgan fingerprint density at radius 1 is 0.952 bits per heavy atom. The van der Waals surface area contributed by atoms with Crippen LogP contribution in [-0.2, 0) is 0 Å². The number of nitrogens with one attached hydrogen (secondary N) is 1. The molecule has 21 heavy (non-hydrogen) atoms. The van der Waals surface area contributed by atoms with E-state index in [9.17, 15) is 0 Å². The maximum absolute atomic E-state index is 4.24. The number of rotatable bonds is 3. The standard InChI is InChI=1S/C19H32N2/c1-17(18-12-11-15-20-16-18)21-19-13-9-7-5-3-2-4-6-8-10-14-19/h11-12,15-17,19,21H,2-10,13-14H2,1H3/t17-/m1/s1. The summed E-state index contributed by atoms with van der Waals surface area (Å²) in [5.41, 5.74) is 1.31. The van der Waals surface area contributed by atoms with E-state index in [2.05, 4.69) is 23.3 Å². The normalized spacial score (nSPS) is 21.2. The average molecular weight is 288 g/mol. The molecule has 2 nitrogen and oxygen atoms in total. The van der Waals surface area contributed by atoms with Gasteiger partial charge < -0.3 is 5.32 Å². The topological polar surface area (TPSA) is 24.9 Å². The Balaban J connectivity index is 1.82. The molecule has 1 aromatic heterocycles. The number of pyridine rings is 1. The third-order valence-electron chi connectivity index (χ3n) is 4.78. The van der Waals surface area contributed by atoms with Crippen LogP contribution in [0.15, 0.2) is 24.5 Å². The van der Waals surface area contributed by atoms with Gasteiger partial charge in [-0.3, -0.25) is 4.98 Å². The van der Waals surface area contributed by atoms with E-state index in [1.165, 1.54) is 76.2 Å². The van der Waals surface area contributed by atoms with Crippen molar-refractivity contribution in [3.05, 3.63) is 30.1 Å². The first-order chi connectivity index (χ1) is 10.4. The Morgan fingerprint density at radius 3 is 2.05 bits per heavy atom. The summed E-state index contributed by atoms with van der Waals surface area (Å²) in [7, 11) is 0. The molecule has 0 spiro atoms. The van der Waals surface area contributed by atoms with Crippen LogP contribution >= 0.6 is 0 Å². The third-order valence-corrected chi connectivity index (χ3v) is 4.78. The van der Waals surface area contributed by atoms with Gasteiger partial charge in [0.25, 0.3) is 0 Å². The Morgan fingerprint density at radius 2 is 1.52 bits per heavy atom. The quantitative estimate of drug-likeness (QED) is 0.805. The molecule has 0 aromatic carbocycles. The summed E-state index contributed by atoms with van der Waals surface area (Å²) >= 11 is 0. The molecule has 0 saturated heterocycles. The first-order valence-electron chi connectivity index (χ1n) is 9.02. The Labute approximate surface area is 130 Å². The minimum Gasteiger partial charge on any atom is -0.307 e. The summed E-state index contributed by atoms with van der Waals surface area (Å²) in [6.45, 7) is 2.27. The van der Waals surface area contributed by atoms with Crippen LogP contribution in [0, 0.1) is 0 Å². The van der Waals surface area contributed by atoms with Crippen LogP contribution in [0.25, 0.3) is 0 Å². The second-order valence-electron chi connectivity index (χ2n) is 6.63. The van der Waals surface area contributed by atoms with Gasteiger partial charge in [0.15, 0.2) is 0 Å².